The summed E-state index contributed by atoms with van der Waals surface area (Å²) in [5.74, 6) is -0.293. The second kappa shape index (κ2) is 8.36. The number of benzene rings is 2. The average molecular weight is 420 g/mol. The molecule has 138 valence electrons. The molecule has 0 fully saturated rings. The van der Waals surface area contributed by atoms with E-state index < -0.39 is 17.6 Å². The molecule has 6 heteroatoms. The molecular weight excluding hydrogens is 398 g/mol. The summed E-state index contributed by atoms with van der Waals surface area (Å²) in [6, 6.07) is 13.6. The lowest BCUT2D eigenvalue weighted by atomic mass is 10.0. The Morgan fingerprint density at radius 3 is 2.08 bits per heavy atom. The van der Waals surface area contributed by atoms with E-state index in [0.717, 1.165) is 4.47 Å². The molecular formula is C20H22BrNO4. The molecule has 1 N–H and O–H groups in total. The van der Waals surface area contributed by atoms with Crippen molar-refractivity contribution in [3.05, 3.63) is 64.1 Å². The van der Waals surface area contributed by atoms with Crippen molar-refractivity contribution in [2.24, 2.45) is 0 Å². The van der Waals surface area contributed by atoms with E-state index in [9.17, 15) is 9.59 Å². The molecule has 0 aliphatic heterocycles. The van der Waals surface area contributed by atoms with Crippen LogP contribution < -0.4 is 10.1 Å². The van der Waals surface area contributed by atoms with Crippen molar-refractivity contribution < 1.29 is 19.1 Å². The molecule has 0 radical (unpaired) electrons. The van der Waals surface area contributed by atoms with E-state index in [1.807, 2.05) is 20.8 Å². The zero-order valence-electron chi connectivity index (χ0n) is 15.2. The van der Waals surface area contributed by atoms with Gasteiger partial charge in [-0.25, -0.2) is 4.79 Å². The predicted octanol–water partition coefficient (Wildman–Crippen LogP) is 4.27. The van der Waals surface area contributed by atoms with Crippen LogP contribution in [0, 0.1) is 0 Å². The number of esters is 1. The lowest BCUT2D eigenvalue weighted by Gasteiger charge is -2.25. The van der Waals surface area contributed by atoms with Gasteiger partial charge in [0.2, 0.25) is 6.10 Å². The monoisotopic (exact) mass is 419 g/mol. The van der Waals surface area contributed by atoms with Gasteiger partial charge in [0.1, 0.15) is 5.75 Å². The van der Waals surface area contributed by atoms with Gasteiger partial charge < -0.3 is 14.8 Å². The number of methoxy groups -OCH3 is 1. The minimum Gasteiger partial charge on any atom is -0.497 e. The quantitative estimate of drug-likeness (QED) is 0.734. The van der Waals surface area contributed by atoms with E-state index in [1.165, 1.54) is 0 Å². The van der Waals surface area contributed by atoms with Crippen LogP contribution in [0.3, 0.4) is 0 Å². The van der Waals surface area contributed by atoms with Gasteiger partial charge in [0.05, 0.1) is 12.7 Å². The van der Waals surface area contributed by atoms with Crippen molar-refractivity contribution in [3.8, 4) is 5.75 Å². The average Bonchev–Trinajstić information content (AvgIpc) is 2.58. The summed E-state index contributed by atoms with van der Waals surface area (Å²) in [7, 11) is 1.56. The van der Waals surface area contributed by atoms with Gasteiger partial charge in [-0.3, -0.25) is 4.79 Å². The van der Waals surface area contributed by atoms with Crippen LogP contribution >= 0.6 is 15.9 Å². The molecule has 2 aromatic rings. The summed E-state index contributed by atoms with van der Waals surface area (Å²) in [6.07, 6.45) is -1.06. The van der Waals surface area contributed by atoms with Gasteiger partial charge in [-0.2, -0.15) is 0 Å². The molecule has 2 aromatic carbocycles. The smallest absolute Gasteiger partial charge is 0.339 e. The topological polar surface area (TPSA) is 64.6 Å². The number of hydrogen-bond donors (Lipinski definition) is 1. The molecule has 0 saturated carbocycles. The molecule has 1 unspecified atom stereocenters. The summed E-state index contributed by atoms with van der Waals surface area (Å²) in [4.78, 5) is 25.2. The van der Waals surface area contributed by atoms with E-state index in [2.05, 4.69) is 21.2 Å². The molecule has 1 atom stereocenters. The first-order chi connectivity index (χ1) is 12.2. The Kier molecular flexibility index (Phi) is 6.42. The molecule has 0 aliphatic carbocycles. The Bertz CT molecular complexity index is 764. The first-order valence-corrected chi connectivity index (χ1v) is 8.91. The van der Waals surface area contributed by atoms with Crippen LogP contribution in [-0.2, 0) is 9.53 Å². The fourth-order valence-electron chi connectivity index (χ4n) is 2.25. The Hall–Kier alpha value is -2.34. The summed E-state index contributed by atoms with van der Waals surface area (Å²) in [5.41, 5.74) is 0.486. The van der Waals surface area contributed by atoms with E-state index in [4.69, 9.17) is 9.47 Å². The minimum absolute atomic E-state index is 0.371. The van der Waals surface area contributed by atoms with Gasteiger partial charge >= 0.3 is 5.97 Å². The van der Waals surface area contributed by atoms with Gasteiger partial charge in [-0.15, -0.1) is 0 Å². The fourth-order valence-corrected chi connectivity index (χ4v) is 2.51. The van der Waals surface area contributed by atoms with Gasteiger partial charge in [0, 0.05) is 15.6 Å². The maximum Gasteiger partial charge on any atom is 0.339 e. The number of carbonyl (C=O) groups excluding carboxylic acids is 2. The molecule has 0 aliphatic rings. The summed E-state index contributed by atoms with van der Waals surface area (Å²) in [6.45, 7) is 5.60. The van der Waals surface area contributed by atoms with Crippen LogP contribution in [0.5, 0.6) is 5.75 Å². The highest BCUT2D eigenvalue weighted by molar-refractivity contribution is 9.10. The molecule has 2 rings (SSSR count). The predicted molar refractivity (Wildman–Crippen MR) is 103 cm³/mol. The highest BCUT2D eigenvalue weighted by Crippen LogP contribution is 2.24. The van der Waals surface area contributed by atoms with Crippen LogP contribution in [-0.4, -0.2) is 24.5 Å². The van der Waals surface area contributed by atoms with Crippen LogP contribution in [0.15, 0.2) is 53.0 Å². The molecule has 26 heavy (non-hydrogen) atoms. The number of nitrogens with one attached hydrogen (secondary N) is 1. The number of hydrogen-bond acceptors (Lipinski definition) is 4. The third-order valence-corrected chi connectivity index (χ3v) is 3.99. The molecule has 1 amide bonds. The number of halogens is 1. The molecule has 0 bridgehead atoms. The first-order valence-electron chi connectivity index (χ1n) is 8.12. The fraction of sp³-hybridized carbons (Fsp3) is 0.300. The Morgan fingerprint density at radius 2 is 1.58 bits per heavy atom. The SMILES string of the molecule is COc1ccc(C(OC(=O)c2ccc(Br)cc2)C(=O)NC(C)(C)C)cc1. The number of rotatable bonds is 5. The first kappa shape index (κ1) is 20.0. The maximum absolute atomic E-state index is 12.7. The van der Waals surface area contributed by atoms with Gasteiger partial charge in [0.25, 0.3) is 5.91 Å². The Balaban J connectivity index is 2.28. The second-order valence-corrected chi connectivity index (χ2v) is 7.72. The third-order valence-electron chi connectivity index (χ3n) is 3.46. The van der Waals surface area contributed by atoms with E-state index in [-0.39, 0.29) is 5.91 Å². The van der Waals surface area contributed by atoms with Crippen molar-refractivity contribution >= 4 is 27.8 Å². The zero-order chi connectivity index (χ0) is 19.3. The minimum atomic E-state index is -1.06. The maximum atomic E-state index is 12.7. The lowest BCUT2D eigenvalue weighted by Crippen LogP contribution is -2.44. The number of ether oxygens (including phenoxy) is 2. The molecule has 0 saturated heterocycles. The number of amides is 1. The molecule has 0 spiro atoms. The standard InChI is InChI=1S/C20H22BrNO4/c1-20(2,3)22-18(23)17(13-7-11-16(25-4)12-8-13)26-19(24)14-5-9-15(21)10-6-14/h5-12,17H,1-4H3,(H,22,23). The van der Waals surface area contributed by atoms with Crippen molar-refractivity contribution in [1.82, 2.24) is 5.32 Å². The van der Waals surface area contributed by atoms with Crippen LogP contribution in [0.4, 0.5) is 0 Å². The normalized spacial score (nSPS) is 12.2. The summed E-state index contributed by atoms with van der Waals surface area (Å²) < 4.78 is 11.5. The lowest BCUT2D eigenvalue weighted by molar-refractivity contribution is -0.131. The van der Waals surface area contributed by atoms with E-state index in [1.54, 1.807) is 55.6 Å². The Labute approximate surface area is 161 Å². The van der Waals surface area contributed by atoms with Gasteiger partial charge in [-0.05, 0) is 57.2 Å². The van der Waals surface area contributed by atoms with E-state index >= 15 is 0 Å². The molecule has 0 heterocycles. The van der Waals surface area contributed by atoms with Crippen LogP contribution in [0.2, 0.25) is 0 Å². The Morgan fingerprint density at radius 1 is 1.00 bits per heavy atom. The highest BCUT2D eigenvalue weighted by atomic mass is 79.9. The van der Waals surface area contributed by atoms with Crippen molar-refractivity contribution in [2.45, 2.75) is 32.4 Å². The summed E-state index contributed by atoms with van der Waals surface area (Å²) >= 11 is 3.32. The molecule has 0 aromatic heterocycles. The van der Waals surface area contributed by atoms with Crippen molar-refractivity contribution in [2.75, 3.05) is 7.11 Å². The van der Waals surface area contributed by atoms with Gasteiger partial charge in [-0.1, -0.05) is 28.1 Å². The zero-order valence-corrected chi connectivity index (χ0v) is 16.8. The van der Waals surface area contributed by atoms with Crippen molar-refractivity contribution in [1.29, 1.82) is 0 Å². The van der Waals surface area contributed by atoms with Gasteiger partial charge in [0.15, 0.2) is 0 Å². The van der Waals surface area contributed by atoms with Crippen molar-refractivity contribution in [3.63, 3.8) is 0 Å². The largest absolute Gasteiger partial charge is 0.497 e. The number of carbonyl (C=O) groups is 2. The summed E-state index contributed by atoms with van der Waals surface area (Å²) in [5, 5.41) is 2.86. The second-order valence-electron chi connectivity index (χ2n) is 6.80. The third kappa shape index (κ3) is 5.59. The van der Waals surface area contributed by atoms with Crippen LogP contribution in [0.1, 0.15) is 42.8 Å². The highest BCUT2D eigenvalue weighted by Gasteiger charge is 2.28. The molecule has 5 nitrogen and oxygen atoms in total. The van der Waals surface area contributed by atoms with Crippen LogP contribution in [0.25, 0.3) is 0 Å². The van der Waals surface area contributed by atoms with E-state index in [0.29, 0.717) is 16.9 Å².